The van der Waals surface area contributed by atoms with Crippen LogP contribution in [0.1, 0.15) is 41.5 Å². The number of amides is 1. The smallest absolute Gasteiger partial charge is 0.339 e. The van der Waals surface area contributed by atoms with Crippen molar-refractivity contribution in [1.29, 1.82) is 0 Å². The summed E-state index contributed by atoms with van der Waals surface area (Å²) in [5.41, 5.74) is -0.297. The third-order valence-electron chi connectivity index (χ3n) is 2.15. The molecule has 0 atom stereocenters. The minimum absolute atomic E-state index is 0.0678. The SMILES string of the molecule is CC(=O)Nc1cccc(C(=O)OC(C)C)c1C(=O)O. The van der Waals surface area contributed by atoms with E-state index in [9.17, 15) is 19.5 Å². The summed E-state index contributed by atoms with van der Waals surface area (Å²) in [4.78, 5) is 34.1. The average molecular weight is 265 g/mol. The van der Waals surface area contributed by atoms with Crippen molar-refractivity contribution in [2.24, 2.45) is 0 Å². The molecule has 102 valence electrons. The van der Waals surface area contributed by atoms with Crippen LogP contribution in [0.15, 0.2) is 18.2 Å². The Bertz CT molecular complexity index is 522. The molecule has 1 amide bonds. The minimum atomic E-state index is -1.31. The normalized spacial score (nSPS) is 10.1. The zero-order valence-corrected chi connectivity index (χ0v) is 10.9. The molecular formula is C13H15NO5. The molecule has 0 bridgehead atoms. The lowest BCUT2D eigenvalue weighted by Gasteiger charge is -2.13. The van der Waals surface area contributed by atoms with E-state index in [1.54, 1.807) is 13.8 Å². The third-order valence-corrected chi connectivity index (χ3v) is 2.15. The Morgan fingerprint density at radius 2 is 1.89 bits per heavy atom. The highest BCUT2D eigenvalue weighted by Gasteiger charge is 2.22. The van der Waals surface area contributed by atoms with Gasteiger partial charge in [-0.2, -0.15) is 0 Å². The van der Waals surface area contributed by atoms with Gasteiger partial charge in [-0.05, 0) is 26.0 Å². The number of carbonyl (C=O) groups excluding carboxylic acids is 2. The van der Waals surface area contributed by atoms with Crippen LogP contribution in [0.3, 0.4) is 0 Å². The van der Waals surface area contributed by atoms with Gasteiger partial charge in [0, 0.05) is 6.92 Å². The predicted molar refractivity (Wildman–Crippen MR) is 68.3 cm³/mol. The Kier molecular flexibility index (Phi) is 4.63. The molecule has 1 rings (SSSR count). The van der Waals surface area contributed by atoms with Gasteiger partial charge in [0.25, 0.3) is 0 Å². The van der Waals surface area contributed by atoms with Crippen LogP contribution in [-0.4, -0.2) is 29.1 Å². The number of nitrogens with one attached hydrogen (secondary N) is 1. The van der Waals surface area contributed by atoms with Gasteiger partial charge in [0.1, 0.15) is 0 Å². The standard InChI is InChI=1S/C13H15NO5/c1-7(2)19-13(18)9-5-4-6-10(14-8(3)15)11(9)12(16)17/h4-7H,1-3H3,(H,14,15)(H,16,17). The number of benzene rings is 1. The zero-order valence-electron chi connectivity index (χ0n) is 10.9. The van der Waals surface area contributed by atoms with Crippen molar-refractivity contribution >= 4 is 23.5 Å². The van der Waals surface area contributed by atoms with Crippen LogP contribution in [0.25, 0.3) is 0 Å². The van der Waals surface area contributed by atoms with E-state index < -0.39 is 17.8 Å². The van der Waals surface area contributed by atoms with Gasteiger partial charge in [0.05, 0.1) is 22.9 Å². The molecule has 0 heterocycles. The van der Waals surface area contributed by atoms with Gasteiger partial charge >= 0.3 is 11.9 Å². The van der Waals surface area contributed by atoms with E-state index in [2.05, 4.69) is 5.32 Å². The number of aromatic carboxylic acids is 1. The van der Waals surface area contributed by atoms with Crippen LogP contribution in [0.5, 0.6) is 0 Å². The Morgan fingerprint density at radius 3 is 2.37 bits per heavy atom. The van der Waals surface area contributed by atoms with Gasteiger partial charge in [0.15, 0.2) is 0 Å². The highest BCUT2D eigenvalue weighted by Crippen LogP contribution is 2.21. The molecular weight excluding hydrogens is 250 g/mol. The predicted octanol–water partition coefficient (Wildman–Crippen LogP) is 1.91. The van der Waals surface area contributed by atoms with Gasteiger partial charge in [-0.1, -0.05) is 6.07 Å². The first-order chi connectivity index (χ1) is 8.82. The number of carboxylic acid groups (broad SMARTS) is 1. The zero-order chi connectivity index (χ0) is 14.6. The third kappa shape index (κ3) is 3.80. The molecule has 1 aromatic rings. The Balaban J connectivity index is 3.27. The molecule has 0 saturated heterocycles. The maximum absolute atomic E-state index is 11.8. The Morgan fingerprint density at radius 1 is 1.26 bits per heavy atom. The molecule has 0 unspecified atom stereocenters. The number of carbonyl (C=O) groups is 3. The van der Waals surface area contributed by atoms with E-state index in [0.29, 0.717) is 0 Å². The topological polar surface area (TPSA) is 92.7 Å². The van der Waals surface area contributed by atoms with Crippen molar-refractivity contribution in [1.82, 2.24) is 0 Å². The number of rotatable bonds is 4. The van der Waals surface area contributed by atoms with Crippen molar-refractivity contribution in [3.63, 3.8) is 0 Å². The lowest BCUT2D eigenvalue weighted by atomic mass is 10.1. The molecule has 0 aromatic heterocycles. The quantitative estimate of drug-likeness (QED) is 0.811. The number of carboxylic acids is 1. The maximum Gasteiger partial charge on any atom is 0.339 e. The van der Waals surface area contributed by atoms with Gasteiger partial charge in [-0.15, -0.1) is 0 Å². The van der Waals surface area contributed by atoms with Gasteiger partial charge in [0.2, 0.25) is 5.91 Å². The van der Waals surface area contributed by atoms with E-state index in [1.165, 1.54) is 25.1 Å². The molecule has 6 nitrogen and oxygen atoms in total. The highest BCUT2D eigenvalue weighted by molar-refractivity contribution is 6.08. The average Bonchev–Trinajstić information content (AvgIpc) is 2.26. The maximum atomic E-state index is 11.8. The molecule has 0 aliphatic rings. The molecule has 6 heteroatoms. The van der Waals surface area contributed by atoms with E-state index in [-0.39, 0.29) is 22.9 Å². The van der Waals surface area contributed by atoms with Gasteiger partial charge < -0.3 is 15.2 Å². The summed E-state index contributed by atoms with van der Waals surface area (Å²) in [6, 6.07) is 4.24. The van der Waals surface area contributed by atoms with Crippen molar-refractivity contribution in [2.45, 2.75) is 26.9 Å². The van der Waals surface area contributed by atoms with E-state index in [0.717, 1.165) is 0 Å². The van der Waals surface area contributed by atoms with Crippen LogP contribution in [0.2, 0.25) is 0 Å². The fraction of sp³-hybridized carbons (Fsp3) is 0.308. The van der Waals surface area contributed by atoms with Crippen LogP contribution in [0.4, 0.5) is 5.69 Å². The molecule has 19 heavy (non-hydrogen) atoms. The second kappa shape index (κ2) is 5.99. The molecule has 0 aliphatic carbocycles. The number of ether oxygens (including phenoxy) is 1. The first kappa shape index (κ1) is 14.7. The second-order valence-electron chi connectivity index (χ2n) is 4.17. The first-order valence-corrected chi connectivity index (χ1v) is 5.67. The first-order valence-electron chi connectivity index (χ1n) is 5.67. The van der Waals surface area contributed by atoms with Crippen LogP contribution in [-0.2, 0) is 9.53 Å². The molecule has 0 fully saturated rings. The molecule has 0 radical (unpaired) electrons. The number of anilines is 1. The van der Waals surface area contributed by atoms with E-state index >= 15 is 0 Å². The van der Waals surface area contributed by atoms with E-state index in [1.807, 2.05) is 0 Å². The lowest BCUT2D eigenvalue weighted by Crippen LogP contribution is -2.18. The molecule has 2 N–H and O–H groups in total. The molecule has 0 saturated carbocycles. The van der Waals surface area contributed by atoms with Crippen LogP contribution < -0.4 is 5.32 Å². The number of esters is 1. The van der Waals surface area contributed by atoms with Crippen molar-refractivity contribution in [3.8, 4) is 0 Å². The largest absolute Gasteiger partial charge is 0.478 e. The monoisotopic (exact) mass is 265 g/mol. The van der Waals surface area contributed by atoms with Crippen LogP contribution in [0, 0.1) is 0 Å². The summed E-state index contributed by atoms with van der Waals surface area (Å²) in [6.45, 7) is 4.58. The summed E-state index contributed by atoms with van der Waals surface area (Å²) in [6.07, 6.45) is -0.362. The second-order valence-corrected chi connectivity index (χ2v) is 4.17. The molecule has 1 aromatic carbocycles. The number of hydrogen-bond donors (Lipinski definition) is 2. The Hall–Kier alpha value is -2.37. The van der Waals surface area contributed by atoms with E-state index in [4.69, 9.17) is 4.74 Å². The summed E-state index contributed by atoms with van der Waals surface area (Å²) in [7, 11) is 0. The lowest BCUT2D eigenvalue weighted by molar-refractivity contribution is -0.114. The summed E-state index contributed by atoms with van der Waals surface area (Å²) < 4.78 is 4.97. The summed E-state index contributed by atoms with van der Waals surface area (Å²) in [5.74, 6) is -2.46. The fourth-order valence-corrected chi connectivity index (χ4v) is 1.52. The van der Waals surface area contributed by atoms with Crippen molar-refractivity contribution in [2.75, 3.05) is 5.32 Å². The highest BCUT2D eigenvalue weighted by atomic mass is 16.5. The molecule has 0 aliphatic heterocycles. The molecule has 0 spiro atoms. The van der Waals surface area contributed by atoms with Crippen molar-refractivity contribution < 1.29 is 24.2 Å². The Labute approximate surface area is 110 Å². The summed E-state index contributed by atoms with van der Waals surface area (Å²) >= 11 is 0. The summed E-state index contributed by atoms with van der Waals surface area (Å²) in [5, 5.41) is 11.6. The van der Waals surface area contributed by atoms with Crippen LogP contribution >= 0.6 is 0 Å². The van der Waals surface area contributed by atoms with Gasteiger partial charge in [-0.3, -0.25) is 4.79 Å². The minimum Gasteiger partial charge on any atom is -0.478 e. The van der Waals surface area contributed by atoms with Gasteiger partial charge in [-0.25, -0.2) is 9.59 Å². The van der Waals surface area contributed by atoms with Crippen molar-refractivity contribution in [3.05, 3.63) is 29.3 Å². The fourth-order valence-electron chi connectivity index (χ4n) is 1.52. The number of hydrogen-bond acceptors (Lipinski definition) is 4.